The lowest BCUT2D eigenvalue weighted by Gasteiger charge is -2.29. The SMILES string of the molecule is CC(C)(C)c1ncc(N2CCCCC2)cc1Cl. The summed E-state index contributed by atoms with van der Waals surface area (Å²) in [7, 11) is 0. The van der Waals surface area contributed by atoms with Gasteiger partial charge in [-0.2, -0.15) is 0 Å². The molecule has 1 aromatic rings. The minimum atomic E-state index is 0.0114. The highest BCUT2D eigenvalue weighted by atomic mass is 35.5. The van der Waals surface area contributed by atoms with Crippen molar-refractivity contribution in [3.8, 4) is 0 Å². The highest BCUT2D eigenvalue weighted by Gasteiger charge is 2.20. The molecular weight excluding hydrogens is 232 g/mol. The van der Waals surface area contributed by atoms with Crippen molar-refractivity contribution in [2.75, 3.05) is 18.0 Å². The zero-order valence-corrected chi connectivity index (χ0v) is 11.7. The summed E-state index contributed by atoms with van der Waals surface area (Å²) < 4.78 is 0. The molecule has 2 rings (SSSR count). The Morgan fingerprint density at radius 2 is 1.82 bits per heavy atom. The van der Waals surface area contributed by atoms with E-state index in [1.54, 1.807) is 0 Å². The van der Waals surface area contributed by atoms with Gasteiger partial charge >= 0.3 is 0 Å². The summed E-state index contributed by atoms with van der Waals surface area (Å²) in [6.07, 6.45) is 5.87. The van der Waals surface area contributed by atoms with E-state index >= 15 is 0 Å². The average Bonchev–Trinajstić information content (AvgIpc) is 2.28. The zero-order valence-electron chi connectivity index (χ0n) is 11.0. The van der Waals surface area contributed by atoms with Gasteiger partial charge in [-0.05, 0) is 25.3 Å². The molecule has 0 amide bonds. The molecule has 1 aliphatic rings. The van der Waals surface area contributed by atoms with Crippen LogP contribution in [0.5, 0.6) is 0 Å². The maximum absolute atomic E-state index is 6.34. The van der Waals surface area contributed by atoms with Crippen LogP contribution < -0.4 is 4.90 Å². The molecule has 0 saturated carbocycles. The van der Waals surface area contributed by atoms with Gasteiger partial charge < -0.3 is 4.90 Å². The predicted octanol–water partition coefficient (Wildman–Crippen LogP) is 4.02. The van der Waals surface area contributed by atoms with Crippen LogP contribution in [-0.4, -0.2) is 18.1 Å². The Bertz CT molecular complexity index is 390. The number of hydrogen-bond donors (Lipinski definition) is 0. The van der Waals surface area contributed by atoms with Gasteiger partial charge in [-0.1, -0.05) is 32.4 Å². The molecule has 0 spiro atoms. The van der Waals surface area contributed by atoms with E-state index in [1.165, 1.54) is 24.9 Å². The number of hydrogen-bond acceptors (Lipinski definition) is 2. The van der Waals surface area contributed by atoms with Crippen molar-refractivity contribution in [1.82, 2.24) is 4.98 Å². The first kappa shape index (κ1) is 12.7. The maximum Gasteiger partial charge on any atom is 0.0647 e. The van der Waals surface area contributed by atoms with Gasteiger partial charge in [-0.15, -0.1) is 0 Å². The van der Waals surface area contributed by atoms with Crippen LogP contribution in [0.4, 0.5) is 5.69 Å². The topological polar surface area (TPSA) is 16.1 Å². The summed E-state index contributed by atoms with van der Waals surface area (Å²) in [5, 5.41) is 0.792. The largest absolute Gasteiger partial charge is 0.370 e. The van der Waals surface area contributed by atoms with Crippen molar-refractivity contribution in [2.45, 2.75) is 45.4 Å². The third-order valence-electron chi connectivity index (χ3n) is 3.26. The van der Waals surface area contributed by atoms with Crippen LogP contribution in [0.2, 0.25) is 5.02 Å². The molecule has 2 heterocycles. The Morgan fingerprint density at radius 3 is 2.35 bits per heavy atom. The summed E-state index contributed by atoms with van der Waals surface area (Å²) in [6.45, 7) is 8.69. The minimum Gasteiger partial charge on any atom is -0.370 e. The Balaban J connectivity index is 2.24. The lowest BCUT2D eigenvalue weighted by molar-refractivity contribution is 0.563. The van der Waals surface area contributed by atoms with Crippen molar-refractivity contribution >= 4 is 17.3 Å². The number of rotatable bonds is 1. The second-order valence-corrected chi connectivity index (χ2v) is 6.23. The fraction of sp³-hybridized carbons (Fsp3) is 0.643. The number of piperidine rings is 1. The lowest BCUT2D eigenvalue weighted by Crippen LogP contribution is -2.29. The molecule has 0 aromatic carbocycles. The van der Waals surface area contributed by atoms with E-state index < -0.39 is 0 Å². The highest BCUT2D eigenvalue weighted by molar-refractivity contribution is 6.31. The van der Waals surface area contributed by atoms with Gasteiger partial charge in [0.25, 0.3) is 0 Å². The third-order valence-corrected chi connectivity index (χ3v) is 3.55. The van der Waals surface area contributed by atoms with Gasteiger partial charge in [0, 0.05) is 18.5 Å². The van der Waals surface area contributed by atoms with Crippen molar-refractivity contribution in [1.29, 1.82) is 0 Å². The molecule has 94 valence electrons. The molecule has 0 aliphatic carbocycles. The van der Waals surface area contributed by atoms with E-state index in [0.717, 1.165) is 23.8 Å². The van der Waals surface area contributed by atoms with E-state index in [2.05, 4.69) is 36.7 Å². The van der Waals surface area contributed by atoms with Crippen LogP contribution in [0, 0.1) is 0 Å². The second kappa shape index (κ2) is 4.85. The van der Waals surface area contributed by atoms with Crippen molar-refractivity contribution in [3.05, 3.63) is 23.0 Å². The summed E-state index contributed by atoms with van der Waals surface area (Å²) in [5.74, 6) is 0. The first-order chi connectivity index (χ1) is 7.98. The lowest BCUT2D eigenvalue weighted by atomic mass is 9.91. The van der Waals surface area contributed by atoms with Gasteiger partial charge in [0.15, 0.2) is 0 Å². The first-order valence-corrected chi connectivity index (χ1v) is 6.77. The summed E-state index contributed by atoms with van der Waals surface area (Å²) in [4.78, 5) is 6.93. The maximum atomic E-state index is 6.34. The average molecular weight is 253 g/mol. The summed E-state index contributed by atoms with van der Waals surface area (Å²) in [6, 6.07) is 2.07. The number of nitrogens with zero attached hydrogens (tertiary/aromatic N) is 2. The van der Waals surface area contributed by atoms with Gasteiger partial charge in [0.2, 0.25) is 0 Å². The zero-order chi connectivity index (χ0) is 12.5. The fourth-order valence-corrected chi connectivity index (χ4v) is 2.75. The number of pyridine rings is 1. The highest BCUT2D eigenvalue weighted by Crippen LogP contribution is 2.30. The molecular formula is C14H21ClN2. The Labute approximate surface area is 109 Å². The van der Waals surface area contributed by atoms with Crippen molar-refractivity contribution < 1.29 is 0 Å². The molecule has 0 radical (unpaired) electrons. The normalized spacial score (nSPS) is 17.3. The standard InChI is InChI=1S/C14H21ClN2/c1-14(2,3)13-12(15)9-11(10-16-13)17-7-5-4-6-8-17/h9-10H,4-8H2,1-3H3. The Morgan fingerprint density at radius 1 is 1.18 bits per heavy atom. The molecule has 0 N–H and O–H groups in total. The molecule has 0 unspecified atom stereocenters. The number of halogens is 1. The van der Waals surface area contributed by atoms with E-state index in [9.17, 15) is 0 Å². The minimum absolute atomic E-state index is 0.0114. The molecule has 0 atom stereocenters. The smallest absolute Gasteiger partial charge is 0.0647 e. The Hall–Kier alpha value is -0.760. The van der Waals surface area contributed by atoms with Crippen LogP contribution in [0.1, 0.15) is 45.7 Å². The van der Waals surface area contributed by atoms with Gasteiger partial charge in [0.1, 0.15) is 0 Å². The molecule has 17 heavy (non-hydrogen) atoms. The van der Waals surface area contributed by atoms with Gasteiger partial charge in [-0.25, -0.2) is 0 Å². The monoisotopic (exact) mass is 252 g/mol. The third kappa shape index (κ3) is 2.92. The van der Waals surface area contributed by atoms with E-state index in [0.29, 0.717) is 0 Å². The van der Waals surface area contributed by atoms with Crippen molar-refractivity contribution in [2.24, 2.45) is 0 Å². The van der Waals surface area contributed by atoms with Crippen LogP contribution in [0.15, 0.2) is 12.3 Å². The fourth-order valence-electron chi connectivity index (χ4n) is 2.30. The molecule has 1 fully saturated rings. The number of aromatic nitrogens is 1. The number of anilines is 1. The van der Waals surface area contributed by atoms with Crippen LogP contribution in [0.25, 0.3) is 0 Å². The van der Waals surface area contributed by atoms with Gasteiger partial charge in [-0.3, -0.25) is 4.98 Å². The molecule has 2 nitrogen and oxygen atoms in total. The molecule has 1 aromatic heterocycles. The second-order valence-electron chi connectivity index (χ2n) is 5.82. The van der Waals surface area contributed by atoms with Crippen LogP contribution in [-0.2, 0) is 5.41 Å². The van der Waals surface area contributed by atoms with E-state index in [1.807, 2.05) is 6.20 Å². The Kier molecular flexibility index (Phi) is 3.62. The van der Waals surface area contributed by atoms with Crippen LogP contribution in [0.3, 0.4) is 0 Å². The molecule has 1 aliphatic heterocycles. The molecule has 0 bridgehead atoms. The summed E-state index contributed by atoms with van der Waals surface area (Å²) in [5.41, 5.74) is 2.17. The van der Waals surface area contributed by atoms with E-state index in [-0.39, 0.29) is 5.41 Å². The van der Waals surface area contributed by atoms with E-state index in [4.69, 9.17) is 11.6 Å². The molecule has 3 heteroatoms. The first-order valence-electron chi connectivity index (χ1n) is 6.39. The summed E-state index contributed by atoms with van der Waals surface area (Å²) >= 11 is 6.34. The van der Waals surface area contributed by atoms with Crippen molar-refractivity contribution in [3.63, 3.8) is 0 Å². The van der Waals surface area contributed by atoms with Gasteiger partial charge in [0.05, 0.1) is 22.6 Å². The molecule has 1 saturated heterocycles. The predicted molar refractivity (Wildman–Crippen MR) is 74.0 cm³/mol. The quantitative estimate of drug-likeness (QED) is 0.751. The van der Waals surface area contributed by atoms with Crippen LogP contribution >= 0.6 is 11.6 Å².